The molecule has 1 atom stereocenters. The molecule has 21 heavy (non-hydrogen) atoms. The second kappa shape index (κ2) is 7.70. The number of phenolic OH excluding ortho intramolecular Hbond substituents is 1. The van der Waals surface area contributed by atoms with Gasteiger partial charge in [0, 0.05) is 18.2 Å². The lowest BCUT2D eigenvalue weighted by atomic mass is 10.0. The highest BCUT2D eigenvalue weighted by Crippen LogP contribution is 2.30. The van der Waals surface area contributed by atoms with E-state index in [-0.39, 0.29) is 11.8 Å². The summed E-state index contributed by atoms with van der Waals surface area (Å²) < 4.78 is 5.42. The van der Waals surface area contributed by atoms with E-state index in [0.29, 0.717) is 18.9 Å². The number of rotatable bonds is 7. The first-order valence-electron chi connectivity index (χ1n) is 7.48. The summed E-state index contributed by atoms with van der Waals surface area (Å²) in [6.45, 7) is 5.22. The van der Waals surface area contributed by atoms with Crippen molar-refractivity contribution in [2.45, 2.75) is 32.9 Å². The summed E-state index contributed by atoms with van der Waals surface area (Å²) in [7, 11) is 0. The van der Waals surface area contributed by atoms with Crippen molar-refractivity contribution in [1.82, 2.24) is 5.32 Å². The molecule has 2 aromatic carbocycles. The zero-order valence-electron chi connectivity index (χ0n) is 12.7. The van der Waals surface area contributed by atoms with Gasteiger partial charge in [-0.25, -0.2) is 0 Å². The minimum atomic E-state index is 0.231. The van der Waals surface area contributed by atoms with Gasteiger partial charge in [-0.05, 0) is 25.0 Å². The van der Waals surface area contributed by atoms with Crippen LogP contribution < -0.4 is 10.1 Å². The lowest BCUT2D eigenvalue weighted by Crippen LogP contribution is -2.20. The smallest absolute Gasteiger partial charge is 0.162 e. The summed E-state index contributed by atoms with van der Waals surface area (Å²) in [6, 6.07) is 16.3. The molecule has 0 bridgehead atoms. The van der Waals surface area contributed by atoms with E-state index in [1.165, 1.54) is 5.56 Å². The van der Waals surface area contributed by atoms with E-state index in [1.807, 2.05) is 37.3 Å². The monoisotopic (exact) mass is 285 g/mol. The number of phenols is 1. The van der Waals surface area contributed by atoms with Gasteiger partial charge in [0.2, 0.25) is 0 Å². The quantitative estimate of drug-likeness (QED) is 0.807. The van der Waals surface area contributed by atoms with Crippen molar-refractivity contribution in [3.8, 4) is 11.5 Å². The number of ether oxygens (including phenoxy) is 1. The first kappa shape index (κ1) is 15.4. The van der Waals surface area contributed by atoms with Gasteiger partial charge in [0.05, 0.1) is 6.61 Å². The highest BCUT2D eigenvalue weighted by molar-refractivity contribution is 5.45. The largest absolute Gasteiger partial charge is 0.504 e. The van der Waals surface area contributed by atoms with Gasteiger partial charge in [-0.3, -0.25) is 0 Å². The predicted molar refractivity (Wildman–Crippen MR) is 85.6 cm³/mol. The lowest BCUT2D eigenvalue weighted by Gasteiger charge is -2.18. The van der Waals surface area contributed by atoms with E-state index in [4.69, 9.17) is 4.74 Å². The molecule has 3 nitrogen and oxygen atoms in total. The fourth-order valence-electron chi connectivity index (χ4n) is 2.40. The lowest BCUT2D eigenvalue weighted by molar-refractivity contribution is 0.316. The van der Waals surface area contributed by atoms with Crippen LogP contribution in [0.15, 0.2) is 48.5 Å². The van der Waals surface area contributed by atoms with Crippen molar-refractivity contribution < 1.29 is 9.84 Å². The number of para-hydroxylation sites is 1. The fraction of sp³-hybridized carbons (Fsp3) is 0.333. The van der Waals surface area contributed by atoms with Gasteiger partial charge in [-0.15, -0.1) is 0 Å². The van der Waals surface area contributed by atoms with E-state index >= 15 is 0 Å². The van der Waals surface area contributed by atoms with Crippen LogP contribution in [-0.4, -0.2) is 11.7 Å². The van der Waals surface area contributed by atoms with Gasteiger partial charge in [0.1, 0.15) is 0 Å². The number of hydrogen-bond donors (Lipinski definition) is 2. The normalized spacial score (nSPS) is 12.1. The molecule has 0 saturated heterocycles. The standard InChI is InChI=1S/C18H23NO2/c1-3-16(14-9-6-5-7-10-14)19-13-15-11-8-12-17(18(15)20)21-4-2/h5-12,16,19-20H,3-4,13H2,1-2H3. The summed E-state index contributed by atoms with van der Waals surface area (Å²) in [4.78, 5) is 0. The molecule has 2 N–H and O–H groups in total. The third-order valence-corrected chi connectivity index (χ3v) is 3.53. The second-order valence-corrected chi connectivity index (χ2v) is 4.95. The Morgan fingerprint density at radius 1 is 1.05 bits per heavy atom. The van der Waals surface area contributed by atoms with Crippen LogP contribution in [0.4, 0.5) is 0 Å². The molecule has 0 fully saturated rings. The summed E-state index contributed by atoms with van der Waals surface area (Å²) >= 11 is 0. The average Bonchev–Trinajstić information content (AvgIpc) is 2.52. The molecule has 2 rings (SSSR count). The van der Waals surface area contributed by atoms with Crippen LogP contribution in [0.5, 0.6) is 11.5 Å². The zero-order chi connectivity index (χ0) is 15.1. The van der Waals surface area contributed by atoms with E-state index in [9.17, 15) is 5.11 Å². The van der Waals surface area contributed by atoms with Gasteiger partial charge < -0.3 is 15.2 Å². The first-order chi connectivity index (χ1) is 10.3. The maximum absolute atomic E-state index is 10.2. The van der Waals surface area contributed by atoms with Crippen LogP contribution in [0.25, 0.3) is 0 Å². The summed E-state index contributed by atoms with van der Waals surface area (Å²) in [6.07, 6.45) is 0.996. The maximum atomic E-state index is 10.2. The van der Waals surface area contributed by atoms with Crippen molar-refractivity contribution in [3.05, 3.63) is 59.7 Å². The van der Waals surface area contributed by atoms with Crippen molar-refractivity contribution in [2.24, 2.45) is 0 Å². The SMILES string of the molecule is CCOc1cccc(CNC(CC)c2ccccc2)c1O. The third-order valence-electron chi connectivity index (χ3n) is 3.53. The number of aromatic hydroxyl groups is 1. The van der Waals surface area contributed by atoms with Gasteiger partial charge in [-0.1, -0.05) is 49.4 Å². The van der Waals surface area contributed by atoms with Crippen LogP contribution in [-0.2, 0) is 6.54 Å². The molecular formula is C18H23NO2. The third kappa shape index (κ3) is 3.99. The van der Waals surface area contributed by atoms with Crippen LogP contribution in [0.2, 0.25) is 0 Å². The minimum Gasteiger partial charge on any atom is -0.504 e. The van der Waals surface area contributed by atoms with Crippen molar-refractivity contribution in [2.75, 3.05) is 6.61 Å². The summed E-state index contributed by atoms with van der Waals surface area (Å²) in [5.41, 5.74) is 2.12. The average molecular weight is 285 g/mol. The molecule has 0 radical (unpaired) electrons. The van der Waals surface area contributed by atoms with E-state index in [1.54, 1.807) is 6.07 Å². The van der Waals surface area contributed by atoms with E-state index < -0.39 is 0 Å². The molecule has 0 saturated carbocycles. The Morgan fingerprint density at radius 2 is 1.81 bits per heavy atom. The Hall–Kier alpha value is -2.00. The number of hydrogen-bond acceptors (Lipinski definition) is 3. The first-order valence-corrected chi connectivity index (χ1v) is 7.48. The molecule has 0 heterocycles. The van der Waals surface area contributed by atoms with Gasteiger partial charge in [0.15, 0.2) is 11.5 Å². The molecular weight excluding hydrogens is 262 g/mol. The van der Waals surface area contributed by atoms with Gasteiger partial charge in [-0.2, -0.15) is 0 Å². The van der Waals surface area contributed by atoms with Crippen molar-refractivity contribution >= 4 is 0 Å². The molecule has 0 aromatic heterocycles. The molecule has 2 aromatic rings. The molecule has 0 spiro atoms. The van der Waals surface area contributed by atoms with Crippen molar-refractivity contribution in [3.63, 3.8) is 0 Å². The molecule has 0 aliphatic rings. The van der Waals surface area contributed by atoms with E-state index in [0.717, 1.165) is 12.0 Å². The molecule has 3 heteroatoms. The summed E-state index contributed by atoms with van der Waals surface area (Å²) in [5.74, 6) is 0.777. The Balaban J connectivity index is 2.06. The molecule has 0 amide bonds. The highest BCUT2D eigenvalue weighted by atomic mass is 16.5. The molecule has 0 aliphatic carbocycles. The Kier molecular flexibility index (Phi) is 5.64. The Morgan fingerprint density at radius 3 is 2.48 bits per heavy atom. The topological polar surface area (TPSA) is 41.5 Å². The summed E-state index contributed by atoms with van der Waals surface area (Å²) in [5, 5.41) is 13.7. The van der Waals surface area contributed by atoms with Crippen LogP contribution in [0.3, 0.4) is 0 Å². The van der Waals surface area contributed by atoms with Crippen molar-refractivity contribution in [1.29, 1.82) is 0 Å². The Labute approximate surface area is 126 Å². The minimum absolute atomic E-state index is 0.231. The molecule has 1 unspecified atom stereocenters. The van der Waals surface area contributed by atoms with Crippen LogP contribution in [0.1, 0.15) is 37.4 Å². The number of benzene rings is 2. The van der Waals surface area contributed by atoms with E-state index in [2.05, 4.69) is 24.4 Å². The Bertz CT molecular complexity index is 554. The van der Waals surface area contributed by atoms with Gasteiger partial charge >= 0.3 is 0 Å². The zero-order valence-corrected chi connectivity index (χ0v) is 12.7. The van der Waals surface area contributed by atoms with Crippen LogP contribution in [0, 0.1) is 0 Å². The van der Waals surface area contributed by atoms with Gasteiger partial charge in [0.25, 0.3) is 0 Å². The highest BCUT2D eigenvalue weighted by Gasteiger charge is 2.11. The molecule has 112 valence electrons. The fourth-order valence-corrected chi connectivity index (χ4v) is 2.40. The number of nitrogens with one attached hydrogen (secondary N) is 1. The second-order valence-electron chi connectivity index (χ2n) is 4.95. The molecule has 0 aliphatic heterocycles. The maximum Gasteiger partial charge on any atom is 0.162 e. The predicted octanol–water partition coefficient (Wildman–Crippen LogP) is 4.03. The van der Waals surface area contributed by atoms with Crippen LogP contribution >= 0.6 is 0 Å².